The van der Waals surface area contributed by atoms with E-state index >= 15 is 0 Å². The maximum Gasteiger partial charge on any atom is 0.336 e. The predicted molar refractivity (Wildman–Crippen MR) is 195 cm³/mol. The molecule has 0 aliphatic carbocycles. The van der Waals surface area contributed by atoms with Crippen molar-refractivity contribution in [3.8, 4) is 0 Å². The fourth-order valence-electron chi connectivity index (χ4n) is 7.27. The summed E-state index contributed by atoms with van der Waals surface area (Å²) in [6.07, 6.45) is 1.24. The van der Waals surface area contributed by atoms with Gasteiger partial charge in [-0.15, -0.1) is 0 Å². The maximum atomic E-state index is 14.0. The molecule has 1 heterocycles. The molecule has 0 saturated heterocycles. The first-order valence-corrected chi connectivity index (χ1v) is 16.3. The first kappa shape index (κ1) is 30.7. The predicted octanol–water partition coefficient (Wildman–Crippen LogP) is 6.24. The summed E-state index contributed by atoms with van der Waals surface area (Å²) in [7, 11) is 0. The third-order valence-electron chi connectivity index (χ3n) is 9.54. The number of imide groups is 1. The van der Waals surface area contributed by atoms with Gasteiger partial charge in [0, 0.05) is 51.5 Å². The van der Waals surface area contributed by atoms with E-state index < -0.39 is 17.8 Å². The number of hydrogen-bond acceptors (Lipinski definition) is 5. The van der Waals surface area contributed by atoms with Gasteiger partial charge in [0.05, 0.1) is 5.56 Å². The zero-order chi connectivity index (χ0) is 34.5. The summed E-state index contributed by atoms with van der Waals surface area (Å²) in [5.74, 6) is -2.44. The van der Waals surface area contributed by atoms with Gasteiger partial charge in [0.2, 0.25) is 0 Å². The van der Waals surface area contributed by atoms with Crippen molar-refractivity contribution in [3.05, 3.63) is 142 Å². The second-order valence-corrected chi connectivity index (χ2v) is 12.4. The van der Waals surface area contributed by atoms with Gasteiger partial charge in [-0.2, -0.15) is 0 Å². The SMILES string of the molecule is NC(=NCCc1ccccc1)c1cc(C(=O)O)c2c3ccc4c5c(ccc(c6ccc(C(=O)NCCc7ccccc7)c1c62)c53)C(=O)NC4=O. The molecule has 7 aromatic rings. The Hall–Kier alpha value is -6.61. The highest BCUT2D eigenvalue weighted by atomic mass is 16.4. The Kier molecular flexibility index (Phi) is 7.45. The quantitative estimate of drug-likeness (QED) is 0.0474. The Morgan fingerprint density at radius 2 is 1.24 bits per heavy atom. The van der Waals surface area contributed by atoms with Crippen LogP contribution in [0.25, 0.3) is 43.1 Å². The molecule has 0 aromatic heterocycles. The number of nitrogens with two attached hydrogens (primary N) is 1. The number of aliphatic imine (C=N–C) groups is 1. The standard InChI is InChI=1S/C41H30N4O5/c42-37(43-19-17-22-7-3-1-4-8-22)30-21-31(41(49)50)33-26-13-16-29-34-28(39(47)45-40(29)48)15-11-24(32(26)34)25-12-14-27(35(30)36(25)33)38(46)44-20-18-23-9-5-2-6-10-23/h1-16,21H,17-20H2,(H2,42,43)(H,44,46)(H,49,50)(H,45,47,48). The van der Waals surface area contributed by atoms with E-state index in [-0.39, 0.29) is 17.3 Å². The number of benzene rings is 7. The maximum absolute atomic E-state index is 14.0. The molecule has 0 radical (unpaired) electrons. The van der Waals surface area contributed by atoms with Crippen LogP contribution < -0.4 is 16.4 Å². The van der Waals surface area contributed by atoms with Gasteiger partial charge in [-0.3, -0.25) is 24.7 Å². The van der Waals surface area contributed by atoms with Gasteiger partial charge in [0.15, 0.2) is 0 Å². The Balaban J connectivity index is 1.38. The Bertz CT molecular complexity index is 2560. The van der Waals surface area contributed by atoms with Crippen molar-refractivity contribution in [1.29, 1.82) is 0 Å². The van der Waals surface area contributed by atoms with E-state index in [0.29, 0.717) is 91.3 Å². The van der Waals surface area contributed by atoms with Crippen LogP contribution in [0, 0.1) is 0 Å². The van der Waals surface area contributed by atoms with Gasteiger partial charge < -0.3 is 16.2 Å². The summed E-state index contributed by atoms with van der Waals surface area (Å²) in [5.41, 5.74) is 10.2. The summed E-state index contributed by atoms with van der Waals surface area (Å²) in [6.45, 7) is 0.732. The number of nitrogens with one attached hydrogen (secondary N) is 2. The molecule has 0 bridgehead atoms. The zero-order valence-electron chi connectivity index (χ0n) is 26.7. The minimum absolute atomic E-state index is 0.0328. The minimum atomic E-state index is -1.19. The van der Waals surface area contributed by atoms with Crippen molar-refractivity contribution < 1.29 is 24.3 Å². The molecule has 0 spiro atoms. The Morgan fingerprint density at radius 3 is 1.90 bits per heavy atom. The third kappa shape index (κ3) is 4.98. The van der Waals surface area contributed by atoms with Crippen LogP contribution in [0.4, 0.5) is 0 Å². The van der Waals surface area contributed by atoms with Gasteiger partial charge >= 0.3 is 5.97 Å². The first-order chi connectivity index (χ1) is 24.3. The lowest BCUT2D eigenvalue weighted by molar-refractivity contribution is 0.0697. The molecule has 9 heteroatoms. The number of hydrogen-bond donors (Lipinski definition) is 4. The van der Waals surface area contributed by atoms with Crippen molar-refractivity contribution in [1.82, 2.24) is 10.6 Å². The number of carboxylic acids is 1. The smallest absolute Gasteiger partial charge is 0.336 e. The Morgan fingerprint density at radius 1 is 0.640 bits per heavy atom. The number of aromatic carboxylic acids is 1. The number of rotatable bonds is 9. The van der Waals surface area contributed by atoms with Gasteiger partial charge in [0.25, 0.3) is 17.7 Å². The number of carbonyl (C=O) groups is 4. The lowest BCUT2D eigenvalue weighted by Crippen LogP contribution is -2.34. The van der Waals surface area contributed by atoms with Crippen LogP contribution in [0.1, 0.15) is 58.1 Å². The summed E-state index contributed by atoms with van der Waals surface area (Å²) in [5, 5.41) is 20.5. The fourth-order valence-corrected chi connectivity index (χ4v) is 7.27. The van der Waals surface area contributed by atoms with E-state index in [0.717, 1.165) is 11.1 Å². The second kappa shape index (κ2) is 12.1. The average molecular weight is 659 g/mol. The van der Waals surface area contributed by atoms with Gasteiger partial charge in [-0.25, -0.2) is 4.79 Å². The van der Waals surface area contributed by atoms with Crippen molar-refractivity contribution >= 4 is 72.6 Å². The number of amidine groups is 1. The molecule has 7 aromatic carbocycles. The van der Waals surface area contributed by atoms with Crippen LogP contribution in [0.5, 0.6) is 0 Å². The van der Waals surface area contributed by atoms with Gasteiger partial charge in [0.1, 0.15) is 5.84 Å². The first-order valence-electron chi connectivity index (χ1n) is 16.3. The van der Waals surface area contributed by atoms with Crippen LogP contribution in [0.15, 0.2) is 108 Å². The normalized spacial score (nSPS) is 13.0. The molecule has 8 rings (SSSR count). The van der Waals surface area contributed by atoms with E-state index in [4.69, 9.17) is 5.73 Å². The number of nitrogens with zero attached hydrogens (tertiary/aromatic N) is 1. The van der Waals surface area contributed by atoms with E-state index in [1.807, 2.05) is 66.7 Å². The molecule has 1 aliphatic rings. The summed E-state index contributed by atoms with van der Waals surface area (Å²) < 4.78 is 0. The molecule has 244 valence electrons. The molecule has 9 nitrogen and oxygen atoms in total. The Labute approximate surface area is 285 Å². The zero-order valence-corrected chi connectivity index (χ0v) is 26.7. The molecule has 5 N–H and O–H groups in total. The van der Waals surface area contributed by atoms with Gasteiger partial charge in [-0.05, 0) is 75.2 Å². The monoisotopic (exact) mass is 658 g/mol. The lowest BCUT2D eigenvalue weighted by atomic mass is 9.81. The minimum Gasteiger partial charge on any atom is -0.478 e. The average Bonchev–Trinajstić information content (AvgIpc) is 3.13. The summed E-state index contributed by atoms with van der Waals surface area (Å²) in [4.78, 5) is 57.6. The topological polar surface area (TPSA) is 151 Å². The molecular formula is C41H30N4O5. The van der Waals surface area contributed by atoms with Crippen LogP contribution in [-0.2, 0) is 12.8 Å². The lowest BCUT2D eigenvalue weighted by Gasteiger charge is -2.23. The molecule has 0 atom stereocenters. The van der Waals surface area contributed by atoms with E-state index in [2.05, 4.69) is 15.6 Å². The molecule has 1 aliphatic heterocycles. The molecule has 50 heavy (non-hydrogen) atoms. The molecule has 0 fully saturated rings. The number of fused-ring (bicyclic) bond motifs is 2. The number of amides is 3. The summed E-state index contributed by atoms with van der Waals surface area (Å²) >= 11 is 0. The number of carboxylic acid groups (broad SMARTS) is 1. The third-order valence-corrected chi connectivity index (χ3v) is 9.54. The van der Waals surface area contributed by atoms with Crippen molar-refractivity contribution in [2.24, 2.45) is 10.7 Å². The molecule has 3 amide bonds. The van der Waals surface area contributed by atoms with Crippen LogP contribution in [-0.4, -0.2) is 47.7 Å². The molecule has 0 unspecified atom stereocenters. The van der Waals surface area contributed by atoms with Crippen LogP contribution in [0.2, 0.25) is 0 Å². The number of carbonyl (C=O) groups excluding carboxylic acids is 3. The highest BCUT2D eigenvalue weighted by molar-refractivity contribution is 6.41. The van der Waals surface area contributed by atoms with E-state index in [9.17, 15) is 24.3 Å². The fraction of sp³-hybridized carbons (Fsp3) is 0.0976. The summed E-state index contributed by atoms with van der Waals surface area (Å²) in [6, 6.07) is 31.5. The highest BCUT2D eigenvalue weighted by Crippen LogP contribution is 2.46. The molecular weight excluding hydrogens is 628 g/mol. The second-order valence-electron chi connectivity index (χ2n) is 12.4. The largest absolute Gasteiger partial charge is 0.478 e. The van der Waals surface area contributed by atoms with Crippen LogP contribution >= 0.6 is 0 Å². The van der Waals surface area contributed by atoms with Crippen molar-refractivity contribution in [2.75, 3.05) is 13.1 Å². The van der Waals surface area contributed by atoms with Crippen molar-refractivity contribution in [2.45, 2.75) is 12.8 Å². The van der Waals surface area contributed by atoms with E-state index in [1.54, 1.807) is 30.3 Å². The molecule has 0 saturated carbocycles. The van der Waals surface area contributed by atoms with Gasteiger partial charge in [-0.1, -0.05) is 78.9 Å². The van der Waals surface area contributed by atoms with Crippen LogP contribution in [0.3, 0.4) is 0 Å². The van der Waals surface area contributed by atoms with E-state index in [1.165, 1.54) is 6.07 Å². The van der Waals surface area contributed by atoms with Crippen molar-refractivity contribution in [3.63, 3.8) is 0 Å². The highest BCUT2D eigenvalue weighted by Gasteiger charge is 2.30.